The van der Waals surface area contributed by atoms with Crippen LogP contribution in [-0.2, 0) is 10.0 Å². The molecule has 0 radical (unpaired) electrons. The van der Waals surface area contributed by atoms with Gasteiger partial charge in [-0.25, -0.2) is 8.42 Å². The van der Waals surface area contributed by atoms with E-state index in [-0.39, 0.29) is 6.04 Å². The Hall–Kier alpha value is -1.07. The fraction of sp³-hybridized carbons (Fsp3) is 0.625. The zero-order valence-electron chi connectivity index (χ0n) is 13.4. The minimum Gasteiger partial charge on any atom is -0.399 e. The summed E-state index contributed by atoms with van der Waals surface area (Å²) in [5, 5.41) is 0. The fourth-order valence-electron chi connectivity index (χ4n) is 3.46. The van der Waals surface area contributed by atoms with Crippen LogP contribution in [0.2, 0.25) is 0 Å². The predicted molar refractivity (Wildman–Crippen MR) is 86.7 cm³/mol. The van der Waals surface area contributed by atoms with E-state index in [1.165, 1.54) is 6.42 Å². The van der Waals surface area contributed by atoms with Crippen molar-refractivity contribution in [2.24, 2.45) is 5.92 Å². The van der Waals surface area contributed by atoms with Gasteiger partial charge < -0.3 is 5.73 Å². The lowest BCUT2D eigenvalue weighted by molar-refractivity contribution is 0.239. The Morgan fingerprint density at radius 3 is 2.29 bits per heavy atom. The second kappa shape index (κ2) is 5.97. The van der Waals surface area contributed by atoms with Crippen LogP contribution >= 0.6 is 0 Å². The first kappa shape index (κ1) is 16.3. The summed E-state index contributed by atoms with van der Waals surface area (Å²) in [6.07, 6.45) is 4.20. The number of nitrogen functional groups attached to an aromatic ring is 1. The highest BCUT2D eigenvalue weighted by Crippen LogP contribution is 2.32. The largest absolute Gasteiger partial charge is 0.399 e. The van der Waals surface area contributed by atoms with E-state index in [0.29, 0.717) is 16.5 Å². The lowest BCUT2D eigenvalue weighted by Gasteiger charge is -2.34. The SMILES string of the molecule is Cc1cc(N)cc(C)c1S(=O)(=O)N(C)C1CCCC(C)C1. The summed E-state index contributed by atoms with van der Waals surface area (Å²) < 4.78 is 27.5. The molecule has 0 saturated heterocycles. The van der Waals surface area contributed by atoms with Gasteiger partial charge in [-0.3, -0.25) is 0 Å². The second-order valence-electron chi connectivity index (χ2n) is 6.43. The van der Waals surface area contributed by atoms with Gasteiger partial charge >= 0.3 is 0 Å². The number of rotatable bonds is 3. The summed E-state index contributed by atoms with van der Waals surface area (Å²) >= 11 is 0. The highest BCUT2D eigenvalue weighted by molar-refractivity contribution is 7.89. The summed E-state index contributed by atoms with van der Waals surface area (Å²) in [6, 6.07) is 3.57. The van der Waals surface area contributed by atoms with Crippen LogP contribution in [0.25, 0.3) is 0 Å². The van der Waals surface area contributed by atoms with Crippen LogP contribution < -0.4 is 5.73 Å². The molecule has 1 aromatic carbocycles. The Morgan fingerprint density at radius 2 is 1.76 bits per heavy atom. The monoisotopic (exact) mass is 310 g/mol. The van der Waals surface area contributed by atoms with E-state index in [9.17, 15) is 8.42 Å². The Kier molecular flexibility index (Phi) is 4.63. The third-order valence-corrected chi connectivity index (χ3v) is 6.76. The van der Waals surface area contributed by atoms with Gasteiger partial charge in [0.2, 0.25) is 10.0 Å². The number of hydrogen-bond donors (Lipinski definition) is 1. The molecule has 5 heteroatoms. The average Bonchev–Trinajstić information content (AvgIpc) is 2.36. The maximum absolute atomic E-state index is 13.0. The van der Waals surface area contributed by atoms with Crippen LogP contribution in [0.3, 0.4) is 0 Å². The number of nitrogens with two attached hydrogens (primary N) is 1. The Bertz CT molecular complexity index is 602. The molecule has 0 heterocycles. The third kappa shape index (κ3) is 3.24. The van der Waals surface area contributed by atoms with Gasteiger partial charge in [-0.15, -0.1) is 0 Å². The van der Waals surface area contributed by atoms with Crippen LogP contribution in [0, 0.1) is 19.8 Å². The maximum atomic E-state index is 13.0. The molecule has 0 bridgehead atoms. The van der Waals surface area contributed by atoms with Crippen molar-refractivity contribution in [3.05, 3.63) is 23.3 Å². The Labute approximate surface area is 128 Å². The summed E-state index contributed by atoms with van der Waals surface area (Å²) in [5.41, 5.74) is 7.86. The van der Waals surface area contributed by atoms with Crippen molar-refractivity contribution >= 4 is 15.7 Å². The molecule has 1 aliphatic carbocycles. The zero-order chi connectivity index (χ0) is 15.8. The second-order valence-corrected chi connectivity index (χ2v) is 8.37. The molecule has 0 aromatic heterocycles. The van der Waals surface area contributed by atoms with Gasteiger partial charge in [-0.05, 0) is 55.9 Å². The van der Waals surface area contributed by atoms with Gasteiger partial charge in [0.1, 0.15) is 0 Å². The normalized spacial score (nSPS) is 23.5. The molecule has 0 aliphatic heterocycles. The first-order valence-corrected chi connectivity index (χ1v) is 9.02. The molecule has 1 aromatic rings. The molecule has 2 rings (SSSR count). The van der Waals surface area contributed by atoms with E-state index in [1.807, 2.05) is 13.8 Å². The van der Waals surface area contributed by atoms with E-state index < -0.39 is 10.0 Å². The number of hydrogen-bond acceptors (Lipinski definition) is 3. The molecule has 1 saturated carbocycles. The summed E-state index contributed by atoms with van der Waals surface area (Å²) in [6.45, 7) is 5.83. The summed E-state index contributed by atoms with van der Waals surface area (Å²) in [5.74, 6) is 0.593. The van der Waals surface area contributed by atoms with Crippen LogP contribution in [0.15, 0.2) is 17.0 Å². The van der Waals surface area contributed by atoms with Gasteiger partial charge in [0.25, 0.3) is 0 Å². The zero-order valence-corrected chi connectivity index (χ0v) is 14.2. The van der Waals surface area contributed by atoms with E-state index in [1.54, 1.807) is 23.5 Å². The molecule has 2 N–H and O–H groups in total. The molecule has 0 amide bonds. The molecule has 1 fully saturated rings. The molecular weight excluding hydrogens is 284 g/mol. The van der Waals surface area contributed by atoms with E-state index in [4.69, 9.17) is 5.73 Å². The molecule has 118 valence electrons. The lowest BCUT2D eigenvalue weighted by atomic mass is 9.87. The molecule has 4 nitrogen and oxygen atoms in total. The number of benzene rings is 1. The smallest absolute Gasteiger partial charge is 0.243 e. The topological polar surface area (TPSA) is 63.4 Å². The number of anilines is 1. The van der Waals surface area contributed by atoms with Crippen LogP contribution in [0.4, 0.5) is 5.69 Å². The Balaban J connectivity index is 2.38. The van der Waals surface area contributed by atoms with Gasteiger partial charge in [0.15, 0.2) is 0 Å². The molecule has 0 spiro atoms. The van der Waals surface area contributed by atoms with Crippen molar-refractivity contribution in [3.8, 4) is 0 Å². The minimum absolute atomic E-state index is 0.107. The van der Waals surface area contributed by atoms with Crippen LogP contribution in [-0.4, -0.2) is 25.8 Å². The average molecular weight is 310 g/mol. The van der Waals surface area contributed by atoms with Crippen LogP contribution in [0.1, 0.15) is 43.7 Å². The van der Waals surface area contributed by atoms with Crippen molar-refractivity contribution in [1.29, 1.82) is 0 Å². The summed E-state index contributed by atoms with van der Waals surface area (Å²) in [4.78, 5) is 0.414. The number of sulfonamides is 1. The summed E-state index contributed by atoms with van der Waals surface area (Å²) in [7, 11) is -1.75. The standard InChI is InChI=1S/C16H26N2O2S/c1-11-6-5-7-15(8-11)18(4)21(19,20)16-12(2)9-14(17)10-13(16)3/h9-11,15H,5-8,17H2,1-4H3. The predicted octanol–water partition coefficient (Wildman–Crippen LogP) is 3.08. The van der Waals surface area contributed by atoms with E-state index in [0.717, 1.165) is 30.4 Å². The molecule has 2 atom stereocenters. The lowest BCUT2D eigenvalue weighted by Crippen LogP contribution is -2.40. The van der Waals surface area contributed by atoms with Gasteiger partial charge in [0, 0.05) is 18.8 Å². The van der Waals surface area contributed by atoms with Crippen molar-refractivity contribution in [3.63, 3.8) is 0 Å². The van der Waals surface area contributed by atoms with Crippen molar-refractivity contribution in [1.82, 2.24) is 4.31 Å². The number of aryl methyl sites for hydroxylation is 2. The first-order chi connectivity index (χ1) is 9.73. The van der Waals surface area contributed by atoms with Crippen molar-refractivity contribution in [2.45, 2.75) is 57.4 Å². The highest BCUT2D eigenvalue weighted by Gasteiger charge is 2.32. The first-order valence-electron chi connectivity index (χ1n) is 7.58. The third-order valence-electron chi connectivity index (χ3n) is 4.54. The van der Waals surface area contributed by atoms with Crippen molar-refractivity contribution in [2.75, 3.05) is 12.8 Å². The molecule has 2 unspecified atom stereocenters. The maximum Gasteiger partial charge on any atom is 0.243 e. The molecular formula is C16H26N2O2S. The van der Waals surface area contributed by atoms with Gasteiger partial charge in [-0.2, -0.15) is 4.31 Å². The fourth-order valence-corrected chi connectivity index (χ4v) is 5.27. The Morgan fingerprint density at radius 1 is 1.19 bits per heavy atom. The number of nitrogens with zero attached hydrogens (tertiary/aromatic N) is 1. The van der Waals surface area contributed by atoms with E-state index >= 15 is 0 Å². The molecule has 21 heavy (non-hydrogen) atoms. The van der Waals surface area contributed by atoms with Crippen LogP contribution in [0.5, 0.6) is 0 Å². The minimum atomic E-state index is -3.46. The quantitative estimate of drug-likeness (QED) is 0.873. The van der Waals surface area contributed by atoms with Gasteiger partial charge in [0.05, 0.1) is 4.90 Å². The highest BCUT2D eigenvalue weighted by atomic mass is 32.2. The molecule has 1 aliphatic rings. The van der Waals surface area contributed by atoms with E-state index in [2.05, 4.69) is 6.92 Å². The van der Waals surface area contributed by atoms with Crippen molar-refractivity contribution < 1.29 is 8.42 Å². The van der Waals surface area contributed by atoms with Gasteiger partial charge in [-0.1, -0.05) is 19.8 Å².